The van der Waals surface area contributed by atoms with Gasteiger partial charge in [0.1, 0.15) is 17.2 Å². The zero-order valence-corrected chi connectivity index (χ0v) is 14.3. The van der Waals surface area contributed by atoms with E-state index in [1.54, 1.807) is 39.5 Å². The van der Waals surface area contributed by atoms with E-state index < -0.39 is 0 Å². The first-order valence-corrected chi connectivity index (χ1v) is 7.47. The van der Waals surface area contributed by atoms with Crippen molar-refractivity contribution in [2.24, 2.45) is 0 Å². The third kappa shape index (κ3) is 4.32. The third-order valence-electron chi connectivity index (χ3n) is 3.48. The molecule has 128 valence electrons. The van der Waals surface area contributed by atoms with Crippen molar-refractivity contribution >= 4 is 17.3 Å². The highest BCUT2D eigenvalue weighted by molar-refractivity contribution is 5.95. The second kappa shape index (κ2) is 8.10. The molecule has 24 heavy (non-hydrogen) atoms. The van der Waals surface area contributed by atoms with Crippen molar-refractivity contribution in [2.75, 3.05) is 38.5 Å². The molecule has 2 N–H and O–H groups in total. The number of anilines is 2. The highest BCUT2D eigenvalue weighted by Gasteiger charge is 2.10. The topological polar surface area (TPSA) is 68.8 Å². The van der Waals surface area contributed by atoms with Crippen molar-refractivity contribution in [3.05, 3.63) is 42.0 Å². The molecule has 0 unspecified atom stereocenters. The Morgan fingerprint density at radius 1 is 0.917 bits per heavy atom. The molecule has 0 fully saturated rings. The van der Waals surface area contributed by atoms with Gasteiger partial charge >= 0.3 is 0 Å². The molecule has 2 aromatic rings. The molecule has 2 aromatic carbocycles. The second-order valence-corrected chi connectivity index (χ2v) is 5.17. The number of rotatable bonds is 7. The second-order valence-electron chi connectivity index (χ2n) is 5.17. The number of carbonyl (C=O) groups is 1. The normalized spacial score (nSPS) is 10.0. The van der Waals surface area contributed by atoms with Crippen molar-refractivity contribution in [3.8, 4) is 17.2 Å². The summed E-state index contributed by atoms with van der Waals surface area (Å²) in [6, 6.07) is 11.0. The first-order chi connectivity index (χ1) is 11.6. The molecule has 0 aliphatic carbocycles. The van der Waals surface area contributed by atoms with E-state index in [-0.39, 0.29) is 12.5 Å². The molecule has 0 aliphatic rings. The lowest BCUT2D eigenvalue weighted by molar-refractivity contribution is -0.114. The zero-order chi connectivity index (χ0) is 17.5. The molecular weight excluding hydrogens is 308 g/mol. The summed E-state index contributed by atoms with van der Waals surface area (Å²) in [7, 11) is 4.73. The summed E-state index contributed by atoms with van der Waals surface area (Å²) < 4.78 is 15.7. The largest absolute Gasteiger partial charge is 0.497 e. The standard InChI is InChI=1S/C18H22N2O4/c1-12-5-7-17(24-4)15(9-12)20-18(21)11-19-14-10-13(22-2)6-8-16(14)23-3/h5-10,19H,11H2,1-4H3,(H,20,21). The van der Waals surface area contributed by atoms with Crippen LogP contribution in [0.15, 0.2) is 36.4 Å². The fourth-order valence-corrected chi connectivity index (χ4v) is 2.24. The molecule has 0 atom stereocenters. The van der Waals surface area contributed by atoms with Gasteiger partial charge in [-0.05, 0) is 36.8 Å². The minimum absolute atomic E-state index is 0.0840. The van der Waals surface area contributed by atoms with Gasteiger partial charge in [0, 0.05) is 6.07 Å². The van der Waals surface area contributed by atoms with E-state index >= 15 is 0 Å². The molecule has 0 bridgehead atoms. The Hall–Kier alpha value is -2.89. The quantitative estimate of drug-likeness (QED) is 0.816. The lowest BCUT2D eigenvalue weighted by Crippen LogP contribution is -2.22. The van der Waals surface area contributed by atoms with Gasteiger partial charge in [-0.15, -0.1) is 0 Å². The van der Waals surface area contributed by atoms with Gasteiger partial charge < -0.3 is 24.8 Å². The molecule has 6 heteroatoms. The predicted octanol–water partition coefficient (Wildman–Crippen LogP) is 3.07. The molecule has 0 spiro atoms. The lowest BCUT2D eigenvalue weighted by atomic mass is 10.2. The number of aryl methyl sites for hydroxylation is 1. The van der Waals surface area contributed by atoms with Crippen LogP contribution in [0.25, 0.3) is 0 Å². The van der Waals surface area contributed by atoms with E-state index in [9.17, 15) is 4.79 Å². The Kier molecular flexibility index (Phi) is 5.89. The first-order valence-electron chi connectivity index (χ1n) is 7.47. The smallest absolute Gasteiger partial charge is 0.243 e. The highest BCUT2D eigenvalue weighted by Crippen LogP contribution is 2.29. The van der Waals surface area contributed by atoms with E-state index in [2.05, 4.69) is 10.6 Å². The lowest BCUT2D eigenvalue weighted by Gasteiger charge is -2.14. The van der Waals surface area contributed by atoms with Gasteiger partial charge in [0.05, 0.1) is 39.2 Å². The van der Waals surface area contributed by atoms with Crippen LogP contribution in [-0.2, 0) is 4.79 Å². The number of benzene rings is 2. The van der Waals surface area contributed by atoms with E-state index in [0.29, 0.717) is 28.6 Å². The first kappa shape index (κ1) is 17.5. The number of hydrogen-bond donors (Lipinski definition) is 2. The Balaban J connectivity index is 2.05. The summed E-state index contributed by atoms with van der Waals surface area (Å²) in [6.07, 6.45) is 0. The summed E-state index contributed by atoms with van der Waals surface area (Å²) in [5, 5.41) is 5.89. The van der Waals surface area contributed by atoms with Gasteiger partial charge in [-0.3, -0.25) is 4.79 Å². The molecule has 0 aliphatic heterocycles. The predicted molar refractivity (Wildman–Crippen MR) is 94.4 cm³/mol. The van der Waals surface area contributed by atoms with Gasteiger partial charge in [-0.25, -0.2) is 0 Å². The van der Waals surface area contributed by atoms with Crippen LogP contribution >= 0.6 is 0 Å². The van der Waals surface area contributed by atoms with Crippen molar-refractivity contribution < 1.29 is 19.0 Å². The Bertz CT molecular complexity index is 716. The summed E-state index contributed by atoms with van der Waals surface area (Å²) in [4.78, 5) is 12.2. The van der Waals surface area contributed by atoms with E-state index in [1.807, 2.05) is 25.1 Å². The Morgan fingerprint density at radius 2 is 1.58 bits per heavy atom. The number of carbonyl (C=O) groups excluding carboxylic acids is 1. The molecule has 1 amide bonds. The van der Waals surface area contributed by atoms with Crippen LogP contribution in [0.5, 0.6) is 17.2 Å². The summed E-state index contributed by atoms with van der Waals surface area (Å²) >= 11 is 0. The Labute approximate surface area is 141 Å². The van der Waals surface area contributed by atoms with Crippen LogP contribution in [-0.4, -0.2) is 33.8 Å². The van der Waals surface area contributed by atoms with E-state index in [0.717, 1.165) is 5.56 Å². The van der Waals surface area contributed by atoms with Gasteiger partial charge in [-0.2, -0.15) is 0 Å². The maximum atomic E-state index is 12.2. The molecule has 0 radical (unpaired) electrons. The van der Waals surface area contributed by atoms with E-state index in [4.69, 9.17) is 14.2 Å². The molecule has 0 heterocycles. The number of nitrogens with one attached hydrogen (secondary N) is 2. The molecule has 6 nitrogen and oxygen atoms in total. The van der Waals surface area contributed by atoms with Gasteiger partial charge in [-0.1, -0.05) is 6.07 Å². The molecule has 0 saturated carbocycles. The summed E-state index contributed by atoms with van der Waals surface area (Å²) in [5.41, 5.74) is 2.36. The molecular formula is C18H22N2O4. The van der Waals surface area contributed by atoms with Crippen molar-refractivity contribution in [1.82, 2.24) is 0 Å². The Morgan fingerprint density at radius 3 is 2.25 bits per heavy atom. The summed E-state index contributed by atoms with van der Waals surface area (Å²) in [6.45, 7) is 2.04. The van der Waals surface area contributed by atoms with Crippen LogP contribution in [0, 0.1) is 6.92 Å². The monoisotopic (exact) mass is 330 g/mol. The van der Waals surface area contributed by atoms with Crippen LogP contribution < -0.4 is 24.8 Å². The number of methoxy groups -OCH3 is 3. The van der Waals surface area contributed by atoms with Gasteiger partial charge in [0.25, 0.3) is 0 Å². The van der Waals surface area contributed by atoms with Crippen LogP contribution in [0.3, 0.4) is 0 Å². The SMILES string of the molecule is COc1ccc(OC)c(NCC(=O)Nc2cc(C)ccc2OC)c1. The zero-order valence-electron chi connectivity index (χ0n) is 14.3. The number of amides is 1. The van der Waals surface area contributed by atoms with Gasteiger partial charge in [0.15, 0.2) is 0 Å². The fourth-order valence-electron chi connectivity index (χ4n) is 2.24. The van der Waals surface area contributed by atoms with Crippen molar-refractivity contribution in [1.29, 1.82) is 0 Å². The number of ether oxygens (including phenoxy) is 3. The highest BCUT2D eigenvalue weighted by atomic mass is 16.5. The van der Waals surface area contributed by atoms with Crippen LogP contribution in [0.4, 0.5) is 11.4 Å². The van der Waals surface area contributed by atoms with Crippen LogP contribution in [0.1, 0.15) is 5.56 Å². The maximum Gasteiger partial charge on any atom is 0.243 e. The minimum atomic E-state index is -0.191. The minimum Gasteiger partial charge on any atom is -0.497 e. The molecule has 2 rings (SSSR count). The average Bonchev–Trinajstić information content (AvgIpc) is 2.59. The summed E-state index contributed by atoms with van der Waals surface area (Å²) in [5.74, 6) is 1.74. The molecule has 0 saturated heterocycles. The number of hydrogen-bond acceptors (Lipinski definition) is 5. The van der Waals surface area contributed by atoms with Crippen LogP contribution in [0.2, 0.25) is 0 Å². The van der Waals surface area contributed by atoms with Gasteiger partial charge in [0.2, 0.25) is 5.91 Å². The van der Waals surface area contributed by atoms with E-state index in [1.165, 1.54) is 0 Å². The third-order valence-corrected chi connectivity index (χ3v) is 3.48. The average molecular weight is 330 g/mol. The maximum absolute atomic E-state index is 12.2. The van der Waals surface area contributed by atoms with Crippen molar-refractivity contribution in [2.45, 2.75) is 6.92 Å². The fraction of sp³-hybridized carbons (Fsp3) is 0.278. The van der Waals surface area contributed by atoms with Crippen molar-refractivity contribution in [3.63, 3.8) is 0 Å². The molecule has 0 aromatic heterocycles.